The summed E-state index contributed by atoms with van der Waals surface area (Å²) in [5.41, 5.74) is 1.60. The third-order valence-corrected chi connectivity index (χ3v) is 3.91. The van der Waals surface area contributed by atoms with Gasteiger partial charge in [-0.1, -0.05) is 25.1 Å². The van der Waals surface area contributed by atoms with Gasteiger partial charge in [0.2, 0.25) is 0 Å². The molecule has 1 aromatic carbocycles. The minimum Gasteiger partial charge on any atom is -0.479 e. The van der Waals surface area contributed by atoms with E-state index in [-0.39, 0.29) is 5.91 Å². The van der Waals surface area contributed by atoms with Crippen molar-refractivity contribution in [3.8, 4) is 0 Å². The second kappa shape index (κ2) is 6.34. The Labute approximate surface area is 121 Å². The van der Waals surface area contributed by atoms with Crippen LogP contribution in [0.2, 0.25) is 0 Å². The van der Waals surface area contributed by atoms with Crippen LogP contribution in [0.15, 0.2) is 41.8 Å². The first kappa shape index (κ1) is 14.3. The maximum absolute atomic E-state index is 12.1. The van der Waals surface area contributed by atoms with Gasteiger partial charge < -0.3 is 10.4 Å². The molecule has 1 aromatic heterocycles. The molecule has 20 heavy (non-hydrogen) atoms. The van der Waals surface area contributed by atoms with Crippen LogP contribution in [0.4, 0.5) is 0 Å². The van der Waals surface area contributed by atoms with Crippen molar-refractivity contribution in [3.63, 3.8) is 0 Å². The van der Waals surface area contributed by atoms with E-state index in [1.807, 2.05) is 19.1 Å². The van der Waals surface area contributed by atoms with Gasteiger partial charge in [0.15, 0.2) is 6.04 Å². The van der Waals surface area contributed by atoms with Crippen molar-refractivity contribution >= 4 is 23.2 Å². The van der Waals surface area contributed by atoms with Crippen LogP contribution in [0.5, 0.6) is 0 Å². The molecule has 1 unspecified atom stereocenters. The molecule has 2 rings (SSSR count). The standard InChI is InChI=1S/C15H15NO3S/c1-2-10-5-7-11(8-6-10)14(17)16-13(15(18)19)12-4-3-9-20-12/h3-9,13H,2H2,1H3,(H,16,17)(H,18,19). The fourth-order valence-electron chi connectivity index (χ4n) is 1.82. The average Bonchev–Trinajstić information content (AvgIpc) is 2.98. The molecule has 0 aliphatic rings. The van der Waals surface area contributed by atoms with Gasteiger partial charge in [-0.2, -0.15) is 0 Å². The summed E-state index contributed by atoms with van der Waals surface area (Å²) in [7, 11) is 0. The molecule has 0 aliphatic heterocycles. The third-order valence-electron chi connectivity index (χ3n) is 2.97. The van der Waals surface area contributed by atoms with E-state index in [2.05, 4.69) is 5.32 Å². The minimum absolute atomic E-state index is 0.381. The Hall–Kier alpha value is -2.14. The molecule has 0 aliphatic carbocycles. The van der Waals surface area contributed by atoms with Gasteiger partial charge >= 0.3 is 5.97 Å². The maximum Gasteiger partial charge on any atom is 0.331 e. The zero-order valence-electron chi connectivity index (χ0n) is 11.0. The van der Waals surface area contributed by atoms with Gasteiger partial charge in [0.25, 0.3) is 5.91 Å². The van der Waals surface area contributed by atoms with Crippen LogP contribution in [0.3, 0.4) is 0 Å². The number of thiophene rings is 1. The minimum atomic E-state index is -1.06. The van der Waals surface area contributed by atoms with Crippen LogP contribution in [-0.2, 0) is 11.2 Å². The lowest BCUT2D eigenvalue weighted by atomic mass is 10.1. The van der Waals surface area contributed by atoms with Crippen LogP contribution in [0, 0.1) is 0 Å². The van der Waals surface area contributed by atoms with E-state index >= 15 is 0 Å². The second-order valence-corrected chi connectivity index (χ2v) is 5.29. The van der Waals surface area contributed by atoms with Crippen molar-refractivity contribution in [2.24, 2.45) is 0 Å². The van der Waals surface area contributed by atoms with Crippen molar-refractivity contribution in [1.29, 1.82) is 0 Å². The number of carboxylic acids is 1. The van der Waals surface area contributed by atoms with Gasteiger partial charge in [-0.3, -0.25) is 4.79 Å². The number of amides is 1. The summed E-state index contributed by atoms with van der Waals surface area (Å²) in [5, 5.41) is 13.5. The number of hydrogen-bond acceptors (Lipinski definition) is 3. The first-order valence-corrected chi connectivity index (χ1v) is 7.15. The van der Waals surface area contributed by atoms with E-state index in [4.69, 9.17) is 0 Å². The number of carbonyl (C=O) groups excluding carboxylic acids is 1. The van der Waals surface area contributed by atoms with Crippen LogP contribution >= 0.6 is 11.3 Å². The van der Waals surface area contributed by atoms with Crippen molar-refractivity contribution in [3.05, 3.63) is 57.8 Å². The lowest BCUT2D eigenvalue weighted by Crippen LogP contribution is -2.33. The van der Waals surface area contributed by atoms with Gasteiger partial charge in [0, 0.05) is 10.4 Å². The number of benzene rings is 1. The SMILES string of the molecule is CCc1ccc(C(=O)NC(C(=O)O)c2cccs2)cc1. The number of rotatable bonds is 5. The molecular formula is C15H15NO3S. The van der Waals surface area contributed by atoms with Gasteiger partial charge in [-0.05, 0) is 35.6 Å². The Morgan fingerprint density at radius 1 is 1.25 bits per heavy atom. The summed E-state index contributed by atoms with van der Waals surface area (Å²) in [6.07, 6.45) is 0.898. The monoisotopic (exact) mass is 289 g/mol. The Morgan fingerprint density at radius 2 is 1.95 bits per heavy atom. The summed E-state index contributed by atoms with van der Waals surface area (Å²) in [6.45, 7) is 2.03. The Balaban J connectivity index is 2.14. The van der Waals surface area contributed by atoms with Crippen molar-refractivity contribution in [1.82, 2.24) is 5.32 Å². The lowest BCUT2D eigenvalue weighted by molar-refractivity contribution is -0.139. The molecule has 2 aromatic rings. The first-order chi connectivity index (χ1) is 9.61. The first-order valence-electron chi connectivity index (χ1n) is 6.28. The largest absolute Gasteiger partial charge is 0.479 e. The number of nitrogens with one attached hydrogen (secondary N) is 1. The molecule has 0 bridgehead atoms. The van der Waals surface area contributed by atoms with Crippen LogP contribution in [-0.4, -0.2) is 17.0 Å². The summed E-state index contributed by atoms with van der Waals surface area (Å²) in [4.78, 5) is 23.9. The molecule has 1 amide bonds. The number of aliphatic carboxylic acids is 1. The van der Waals surface area contributed by atoms with Crippen molar-refractivity contribution in [2.45, 2.75) is 19.4 Å². The highest BCUT2D eigenvalue weighted by Gasteiger charge is 2.23. The Morgan fingerprint density at radius 3 is 2.45 bits per heavy atom. The van der Waals surface area contributed by atoms with Gasteiger partial charge in [-0.25, -0.2) is 4.79 Å². The zero-order valence-corrected chi connectivity index (χ0v) is 11.8. The normalized spacial score (nSPS) is 11.8. The fraction of sp³-hybridized carbons (Fsp3) is 0.200. The Bertz CT molecular complexity index is 590. The third kappa shape index (κ3) is 3.24. The molecule has 104 valence electrons. The lowest BCUT2D eigenvalue weighted by Gasteiger charge is -2.13. The van der Waals surface area contributed by atoms with E-state index < -0.39 is 12.0 Å². The zero-order chi connectivity index (χ0) is 14.5. The molecule has 5 heteroatoms. The van der Waals surface area contributed by atoms with Crippen LogP contribution in [0.25, 0.3) is 0 Å². The number of carboxylic acid groups (broad SMARTS) is 1. The van der Waals surface area contributed by atoms with E-state index in [1.165, 1.54) is 11.3 Å². The van der Waals surface area contributed by atoms with E-state index in [0.717, 1.165) is 12.0 Å². The van der Waals surface area contributed by atoms with Crippen molar-refractivity contribution < 1.29 is 14.7 Å². The quantitative estimate of drug-likeness (QED) is 0.889. The molecule has 1 heterocycles. The van der Waals surface area contributed by atoms with E-state index in [0.29, 0.717) is 10.4 Å². The molecule has 0 spiro atoms. The summed E-state index contributed by atoms with van der Waals surface area (Å²) < 4.78 is 0. The number of aryl methyl sites for hydroxylation is 1. The van der Waals surface area contributed by atoms with Crippen LogP contribution < -0.4 is 5.32 Å². The highest BCUT2D eigenvalue weighted by atomic mass is 32.1. The molecule has 2 N–H and O–H groups in total. The average molecular weight is 289 g/mol. The van der Waals surface area contributed by atoms with Gasteiger partial charge in [0.1, 0.15) is 0 Å². The molecule has 1 atom stereocenters. The van der Waals surface area contributed by atoms with Gasteiger partial charge in [-0.15, -0.1) is 11.3 Å². The van der Waals surface area contributed by atoms with Gasteiger partial charge in [0.05, 0.1) is 0 Å². The predicted octanol–water partition coefficient (Wildman–Crippen LogP) is 2.87. The maximum atomic E-state index is 12.1. The smallest absolute Gasteiger partial charge is 0.331 e. The Kier molecular flexibility index (Phi) is 4.53. The molecule has 0 radical (unpaired) electrons. The molecule has 0 fully saturated rings. The number of hydrogen-bond donors (Lipinski definition) is 2. The summed E-state index contributed by atoms with van der Waals surface area (Å²) in [5.74, 6) is -1.44. The topological polar surface area (TPSA) is 66.4 Å². The van der Waals surface area contributed by atoms with Crippen molar-refractivity contribution in [2.75, 3.05) is 0 Å². The number of carbonyl (C=O) groups is 2. The predicted molar refractivity (Wildman–Crippen MR) is 78.0 cm³/mol. The van der Waals surface area contributed by atoms with E-state index in [9.17, 15) is 14.7 Å². The fourth-order valence-corrected chi connectivity index (χ4v) is 2.58. The summed E-state index contributed by atoms with van der Waals surface area (Å²) in [6, 6.07) is 9.62. The summed E-state index contributed by atoms with van der Waals surface area (Å²) >= 11 is 1.31. The molecular weight excluding hydrogens is 274 g/mol. The van der Waals surface area contributed by atoms with Crippen LogP contribution in [0.1, 0.15) is 33.8 Å². The van der Waals surface area contributed by atoms with E-state index in [1.54, 1.807) is 29.6 Å². The highest BCUT2D eigenvalue weighted by Crippen LogP contribution is 2.19. The molecule has 0 saturated heterocycles. The molecule has 4 nitrogen and oxygen atoms in total. The highest BCUT2D eigenvalue weighted by molar-refractivity contribution is 7.10. The molecule has 0 saturated carbocycles. The second-order valence-electron chi connectivity index (χ2n) is 4.31.